The molecule has 0 spiro atoms. The second kappa shape index (κ2) is 7.25. The van der Waals surface area contributed by atoms with Crippen LogP contribution in [0.4, 0.5) is 0 Å². The van der Waals surface area contributed by atoms with Crippen LogP contribution in [0.1, 0.15) is 45.7 Å². The number of rotatable bonds is 7. The van der Waals surface area contributed by atoms with Crippen LogP contribution in [-0.4, -0.2) is 23.5 Å². The maximum absolute atomic E-state index is 6.34. The Morgan fingerprint density at radius 1 is 1.26 bits per heavy atom. The third kappa shape index (κ3) is 3.29. The molecule has 3 nitrogen and oxygen atoms in total. The molecule has 2 atom stereocenters. The summed E-state index contributed by atoms with van der Waals surface area (Å²) >= 11 is 6.34. The molecule has 0 aliphatic rings. The van der Waals surface area contributed by atoms with Gasteiger partial charge in [-0.15, -0.1) is 0 Å². The maximum Gasteiger partial charge on any atom is 0.0655 e. The number of nitrogens with one attached hydrogen (secondary N) is 1. The molecule has 0 saturated carbocycles. The second-order valence-corrected chi connectivity index (χ2v) is 5.41. The Kier molecular flexibility index (Phi) is 6.27. The van der Waals surface area contributed by atoms with Gasteiger partial charge >= 0.3 is 0 Å². The molecule has 0 bridgehead atoms. The highest BCUT2D eigenvalue weighted by atomic mass is 35.5. The van der Waals surface area contributed by atoms with E-state index in [0.29, 0.717) is 0 Å². The van der Waals surface area contributed by atoms with Crippen molar-refractivity contribution in [2.24, 2.45) is 5.84 Å². The van der Waals surface area contributed by atoms with Crippen molar-refractivity contribution in [1.29, 1.82) is 0 Å². The van der Waals surface area contributed by atoms with Crippen LogP contribution >= 0.6 is 11.6 Å². The van der Waals surface area contributed by atoms with Gasteiger partial charge in [-0.2, -0.15) is 0 Å². The first-order valence-corrected chi connectivity index (χ1v) is 7.38. The topological polar surface area (TPSA) is 41.3 Å². The molecule has 0 saturated heterocycles. The summed E-state index contributed by atoms with van der Waals surface area (Å²) < 4.78 is 0. The minimum Gasteiger partial charge on any atom is -0.297 e. The molecule has 0 radical (unpaired) electrons. The van der Waals surface area contributed by atoms with E-state index in [0.717, 1.165) is 30.1 Å². The van der Waals surface area contributed by atoms with Gasteiger partial charge in [0.15, 0.2) is 0 Å². The molecule has 0 heterocycles. The van der Waals surface area contributed by atoms with Crippen molar-refractivity contribution in [3.63, 3.8) is 0 Å². The van der Waals surface area contributed by atoms with Gasteiger partial charge in [0.2, 0.25) is 0 Å². The Bertz CT molecular complexity index is 393. The van der Waals surface area contributed by atoms with E-state index < -0.39 is 0 Å². The van der Waals surface area contributed by atoms with Crippen molar-refractivity contribution >= 4 is 11.6 Å². The van der Waals surface area contributed by atoms with E-state index in [1.165, 1.54) is 0 Å². The third-order valence-corrected chi connectivity index (χ3v) is 4.55. The first-order chi connectivity index (χ1) is 9.04. The van der Waals surface area contributed by atoms with Gasteiger partial charge in [0.1, 0.15) is 0 Å². The lowest BCUT2D eigenvalue weighted by molar-refractivity contribution is 0.0699. The van der Waals surface area contributed by atoms with Crippen LogP contribution in [0.2, 0.25) is 5.02 Å². The lowest BCUT2D eigenvalue weighted by Gasteiger charge is -2.45. The van der Waals surface area contributed by atoms with E-state index in [1.54, 1.807) is 0 Å². The van der Waals surface area contributed by atoms with Gasteiger partial charge in [-0.05, 0) is 38.1 Å². The number of hydrogen-bond donors (Lipinski definition) is 2. The van der Waals surface area contributed by atoms with E-state index in [2.05, 4.69) is 38.0 Å². The Labute approximate surface area is 122 Å². The van der Waals surface area contributed by atoms with Gasteiger partial charge in [0.05, 0.1) is 6.04 Å². The zero-order valence-corrected chi connectivity index (χ0v) is 13.2. The molecule has 0 aromatic heterocycles. The van der Waals surface area contributed by atoms with E-state index >= 15 is 0 Å². The largest absolute Gasteiger partial charge is 0.297 e. The summed E-state index contributed by atoms with van der Waals surface area (Å²) in [5.74, 6) is 5.85. The van der Waals surface area contributed by atoms with Crippen LogP contribution in [0.3, 0.4) is 0 Å². The van der Waals surface area contributed by atoms with Crippen LogP contribution in [0.25, 0.3) is 0 Å². The summed E-state index contributed by atoms with van der Waals surface area (Å²) in [4.78, 5) is 2.43. The SMILES string of the molecule is CCN(CC)C(C)(CC)C(NN)c1ccccc1Cl. The van der Waals surface area contributed by atoms with Crippen molar-refractivity contribution in [2.75, 3.05) is 13.1 Å². The number of hydrogen-bond acceptors (Lipinski definition) is 3. The quantitative estimate of drug-likeness (QED) is 0.596. The summed E-state index contributed by atoms with van der Waals surface area (Å²) in [6.07, 6.45) is 0.995. The highest BCUT2D eigenvalue weighted by Gasteiger charge is 2.38. The molecule has 2 unspecified atom stereocenters. The number of hydrazine groups is 1. The van der Waals surface area contributed by atoms with E-state index in [4.69, 9.17) is 17.4 Å². The minimum absolute atomic E-state index is 0.00565. The van der Waals surface area contributed by atoms with Crippen LogP contribution in [0.5, 0.6) is 0 Å². The van der Waals surface area contributed by atoms with Gasteiger partial charge in [-0.3, -0.25) is 16.2 Å². The average molecular weight is 284 g/mol. The van der Waals surface area contributed by atoms with Gasteiger partial charge in [-0.1, -0.05) is 50.6 Å². The Hall–Kier alpha value is -0.610. The second-order valence-electron chi connectivity index (χ2n) is 5.00. The van der Waals surface area contributed by atoms with Crippen molar-refractivity contribution < 1.29 is 0 Å². The molecule has 1 aromatic rings. The van der Waals surface area contributed by atoms with Crippen molar-refractivity contribution in [1.82, 2.24) is 10.3 Å². The minimum atomic E-state index is -0.0662. The summed E-state index contributed by atoms with van der Waals surface area (Å²) in [6.45, 7) is 10.8. The molecule has 1 rings (SSSR count). The van der Waals surface area contributed by atoms with Crippen LogP contribution in [0, 0.1) is 0 Å². The fraction of sp³-hybridized carbons (Fsp3) is 0.600. The molecule has 0 amide bonds. The standard InChI is InChI=1S/C15H26ClN3/c1-5-15(4,19(6-2)7-3)14(18-17)12-10-8-9-11-13(12)16/h8-11,14,18H,5-7,17H2,1-4H3. The first-order valence-electron chi connectivity index (χ1n) is 7.00. The third-order valence-electron chi connectivity index (χ3n) is 4.21. The Morgan fingerprint density at radius 2 is 1.84 bits per heavy atom. The van der Waals surface area contributed by atoms with Crippen molar-refractivity contribution in [3.05, 3.63) is 34.9 Å². The van der Waals surface area contributed by atoms with Gasteiger partial charge in [0.25, 0.3) is 0 Å². The fourth-order valence-corrected chi connectivity index (χ4v) is 3.11. The first kappa shape index (κ1) is 16.4. The zero-order valence-electron chi connectivity index (χ0n) is 12.4. The van der Waals surface area contributed by atoms with Crippen LogP contribution in [0.15, 0.2) is 24.3 Å². The molecule has 1 aromatic carbocycles. The Balaban J connectivity index is 3.22. The molecule has 0 aliphatic carbocycles. The maximum atomic E-state index is 6.34. The zero-order chi connectivity index (χ0) is 14.5. The molecule has 4 heteroatoms. The van der Waals surface area contributed by atoms with Crippen LogP contribution in [-0.2, 0) is 0 Å². The van der Waals surface area contributed by atoms with E-state index in [1.807, 2.05) is 24.3 Å². The average Bonchev–Trinajstić information content (AvgIpc) is 2.43. The molecule has 0 fully saturated rings. The van der Waals surface area contributed by atoms with Crippen LogP contribution < -0.4 is 11.3 Å². The number of likely N-dealkylation sites (N-methyl/N-ethyl adjacent to an activating group) is 1. The monoisotopic (exact) mass is 283 g/mol. The molecule has 3 N–H and O–H groups in total. The highest BCUT2D eigenvalue weighted by molar-refractivity contribution is 6.31. The Morgan fingerprint density at radius 3 is 2.26 bits per heavy atom. The lowest BCUT2D eigenvalue weighted by Crippen LogP contribution is -2.55. The molecule has 19 heavy (non-hydrogen) atoms. The lowest BCUT2D eigenvalue weighted by atomic mass is 9.83. The molecule has 108 valence electrons. The fourth-order valence-electron chi connectivity index (χ4n) is 2.87. The summed E-state index contributed by atoms with van der Waals surface area (Å²) in [5, 5.41) is 0.761. The smallest absolute Gasteiger partial charge is 0.0655 e. The van der Waals surface area contributed by atoms with Gasteiger partial charge < -0.3 is 0 Å². The number of halogens is 1. The number of benzene rings is 1. The van der Waals surface area contributed by atoms with Gasteiger partial charge in [-0.25, -0.2) is 0 Å². The summed E-state index contributed by atoms with van der Waals surface area (Å²) in [6, 6.07) is 7.92. The van der Waals surface area contributed by atoms with E-state index in [9.17, 15) is 0 Å². The van der Waals surface area contributed by atoms with Crippen molar-refractivity contribution in [3.8, 4) is 0 Å². The number of nitrogens with two attached hydrogens (primary N) is 1. The number of nitrogens with zero attached hydrogens (tertiary/aromatic N) is 1. The normalized spacial score (nSPS) is 16.4. The van der Waals surface area contributed by atoms with E-state index in [-0.39, 0.29) is 11.6 Å². The van der Waals surface area contributed by atoms with Gasteiger partial charge in [0, 0.05) is 10.6 Å². The molecule has 0 aliphatic heterocycles. The predicted molar refractivity (Wildman–Crippen MR) is 83.1 cm³/mol. The predicted octanol–water partition coefficient (Wildman–Crippen LogP) is 3.35. The van der Waals surface area contributed by atoms with Crippen molar-refractivity contribution in [2.45, 2.75) is 45.7 Å². The summed E-state index contributed by atoms with van der Waals surface area (Å²) in [7, 11) is 0. The summed E-state index contributed by atoms with van der Waals surface area (Å²) in [5.41, 5.74) is 3.97. The highest BCUT2D eigenvalue weighted by Crippen LogP contribution is 2.36. The molecular formula is C15H26ClN3. The molecular weight excluding hydrogens is 258 g/mol.